The molecule has 7 nitrogen and oxygen atoms in total. The predicted molar refractivity (Wildman–Crippen MR) is 129 cm³/mol. The van der Waals surface area contributed by atoms with Gasteiger partial charge in [-0.15, -0.1) is 0 Å². The Hall–Kier alpha value is -2.42. The summed E-state index contributed by atoms with van der Waals surface area (Å²) in [6, 6.07) is 4.43. The molecule has 1 fully saturated rings. The number of carbonyl (C=O) groups is 3. The third kappa shape index (κ3) is 7.78. The average Bonchev–Trinajstić information content (AvgIpc) is 2.80. The minimum atomic E-state index is -2.73. The van der Waals surface area contributed by atoms with Crippen LogP contribution in [0, 0.1) is 11.8 Å². The second-order valence-electron chi connectivity index (χ2n) is 9.72. The maximum absolute atomic E-state index is 13.6. The first-order valence-electron chi connectivity index (χ1n) is 12.2. The molecule has 10 heteroatoms. The molecule has 0 saturated heterocycles. The van der Waals surface area contributed by atoms with E-state index >= 15 is 0 Å². The molecule has 1 atom stereocenters. The lowest BCUT2D eigenvalue weighted by atomic mass is 9.86. The van der Waals surface area contributed by atoms with E-state index in [0.717, 1.165) is 0 Å². The van der Waals surface area contributed by atoms with Crippen molar-refractivity contribution in [2.24, 2.45) is 11.8 Å². The van der Waals surface area contributed by atoms with Gasteiger partial charge in [-0.05, 0) is 49.8 Å². The van der Waals surface area contributed by atoms with Gasteiger partial charge in [-0.2, -0.15) is 0 Å². The Labute approximate surface area is 209 Å². The predicted octanol–water partition coefficient (Wildman–Crippen LogP) is 4.04. The highest BCUT2D eigenvalue weighted by molar-refractivity contribution is 6.31. The number of alkyl halides is 2. The number of fused-ring (bicyclic) bond motifs is 1. The van der Waals surface area contributed by atoms with Gasteiger partial charge in [-0.3, -0.25) is 14.4 Å². The van der Waals surface area contributed by atoms with Crippen LogP contribution in [0.3, 0.4) is 0 Å². The molecule has 0 bridgehead atoms. The highest BCUT2D eigenvalue weighted by Gasteiger charge is 2.39. The summed E-state index contributed by atoms with van der Waals surface area (Å²) in [5.74, 6) is -3.76. The second kappa shape index (κ2) is 12.0. The van der Waals surface area contributed by atoms with Gasteiger partial charge in [0.1, 0.15) is 12.4 Å². The van der Waals surface area contributed by atoms with Crippen molar-refractivity contribution in [3.8, 4) is 5.75 Å². The lowest BCUT2D eigenvalue weighted by molar-refractivity contribution is -0.143. The van der Waals surface area contributed by atoms with E-state index in [1.807, 2.05) is 13.8 Å². The zero-order valence-corrected chi connectivity index (χ0v) is 21.0. The Kier molecular flexibility index (Phi) is 9.33. The molecular weight excluding hydrogens is 480 g/mol. The van der Waals surface area contributed by atoms with E-state index in [-0.39, 0.29) is 68.5 Å². The van der Waals surface area contributed by atoms with Crippen molar-refractivity contribution in [3.63, 3.8) is 0 Å². The number of benzene rings is 1. The van der Waals surface area contributed by atoms with Crippen LogP contribution < -0.4 is 15.4 Å². The van der Waals surface area contributed by atoms with E-state index in [1.54, 1.807) is 18.2 Å². The Bertz CT molecular complexity index is 918. The molecule has 2 aliphatic rings. The summed E-state index contributed by atoms with van der Waals surface area (Å²) in [6.45, 7) is 4.51. The third-order valence-electron chi connectivity index (χ3n) is 6.61. The lowest BCUT2D eigenvalue weighted by Gasteiger charge is -2.32. The number of nitrogens with zero attached hydrogens (tertiary/aromatic N) is 1. The maximum Gasteiger partial charge on any atom is 0.255 e. The largest absolute Gasteiger partial charge is 0.491 e. The Morgan fingerprint density at radius 2 is 1.91 bits per heavy atom. The molecule has 1 aliphatic heterocycles. The highest BCUT2D eigenvalue weighted by Crippen LogP contribution is 2.37. The van der Waals surface area contributed by atoms with Crippen LogP contribution in [0.25, 0.3) is 0 Å². The normalized spacial score (nSPS) is 22.8. The van der Waals surface area contributed by atoms with Crippen LogP contribution in [0.2, 0.25) is 5.02 Å². The molecular formula is C25H34ClF2N3O4. The minimum Gasteiger partial charge on any atom is -0.491 e. The topological polar surface area (TPSA) is 87.7 Å². The first-order valence-corrected chi connectivity index (χ1v) is 12.6. The first kappa shape index (κ1) is 27.2. The summed E-state index contributed by atoms with van der Waals surface area (Å²) in [4.78, 5) is 40.3. The van der Waals surface area contributed by atoms with Crippen molar-refractivity contribution in [2.45, 2.75) is 64.3 Å². The van der Waals surface area contributed by atoms with Gasteiger partial charge >= 0.3 is 0 Å². The van der Waals surface area contributed by atoms with Crippen molar-refractivity contribution in [1.82, 2.24) is 15.5 Å². The number of ether oxygens (including phenoxy) is 1. The van der Waals surface area contributed by atoms with E-state index in [1.165, 1.54) is 4.90 Å². The van der Waals surface area contributed by atoms with E-state index in [9.17, 15) is 23.2 Å². The Balaban J connectivity index is 1.75. The summed E-state index contributed by atoms with van der Waals surface area (Å²) >= 11 is 6.09. The third-order valence-corrected chi connectivity index (χ3v) is 6.84. The fourth-order valence-electron chi connectivity index (χ4n) is 4.35. The quantitative estimate of drug-likeness (QED) is 0.625. The molecule has 0 spiro atoms. The lowest BCUT2D eigenvalue weighted by Crippen LogP contribution is -2.49. The fourth-order valence-corrected chi connectivity index (χ4v) is 4.52. The number of hydrogen-bond donors (Lipinski definition) is 2. The van der Waals surface area contributed by atoms with Gasteiger partial charge in [-0.25, -0.2) is 8.78 Å². The van der Waals surface area contributed by atoms with Gasteiger partial charge in [0.2, 0.25) is 17.7 Å². The maximum atomic E-state index is 13.6. The number of rotatable bonds is 2. The number of carbonyl (C=O) groups excluding carboxylic acids is 3. The molecule has 3 amide bonds. The van der Waals surface area contributed by atoms with E-state index in [2.05, 4.69) is 10.6 Å². The van der Waals surface area contributed by atoms with E-state index in [0.29, 0.717) is 42.3 Å². The van der Waals surface area contributed by atoms with Gasteiger partial charge < -0.3 is 20.3 Å². The molecule has 1 aromatic rings. The molecule has 3 rings (SSSR count). The van der Waals surface area contributed by atoms with Crippen LogP contribution in [-0.4, -0.2) is 60.8 Å². The summed E-state index contributed by atoms with van der Waals surface area (Å²) in [5, 5.41) is 6.19. The fraction of sp³-hybridized carbons (Fsp3) is 0.640. The Morgan fingerprint density at radius 3 is 2.60 bits per heavy atom. The second-order valence-corrected chi connectivity index (χ2v) is 10.2. The number of hydrogen-bond acceptors (Lipinski definition) is 4. The molecule has 35 heavy (non-hydrogen) atoms. The summed E-state index contributed by atoms with van der Waals surface area (Å²) in [5.41, 5.74) is 0.312. The van der Waals surface area contributed by atoms with Gasteiger partial charge in [0, 0.05) is 36.9 Å². The van der Waals surface area contributed by atoms with Crippen LogP contribution in [-0.2, 0) is 9.59 Å². The van der Waals surface area contributed by atoms with Crippen molar-refractivity contribution in [2.75, 3.05) is 26.2 Å². The zero-order chi connectivity index (χ0) is 25.6. The number of halogens is 3. The van der Waals surface area contributed by atoms with Gasteiger partial charge in [0.25, 0.3) is 5.91 Å². The van der Waals surface area contributed by atoms with Crippen molar-refractivity contribution < 1.29 is 27.9 Å². The molecule has 1 aliphatic carbocycles. The van der Waals surface area contributed by atoms with Crippen LogP contribution in [0.1, 0.15) is 62.7 Å². The SMILES string of the molecule is CC(C)[C@@H]1COc2ccc(Cl)cc2C(=O)NCCCCN(C(=O)C2CCC(F)(F)CC2)CC(=O)N1. The highest BCUT2D eigenvalue weighted by atomic mass is 35.5. The zero-order valence-electron chi connectivity index (χ0n) is 20.2. The van der Waals surface area contributed by atoms with E-state index < -0.39 is 11.8 Å². The molecule has 2 N–H and O–H groups in total. The monoisotopic (exact) mass is 513 g/mol. The van der Waals surface area contributed by atoms with Crippen molar-refractivity contribution >= 4 is 29.3 Å². The summed E-state index contributed by atoms with van der Waals surface area (Å²) < 4.78 is 33.1. The molecule has 0 radical (unpaired) electrons. The minimum absolute atomic E-state index is 0.0175. The van der Waals surface area contributed by atoms with Crippen LogP contribution >= 0.6 is 11.6 Å². The molecule has 1 saturated carbocycles. The van der Waals surface area contributed by atoms with Crippen molar-refractivity contribution in [3.05, 3.63) is 28.8 Å². The standard InChI is InChI=1S/C25H34ClF2N3O4/c1-16(2)20-15-35-21-6-5-18(26)13-19(21)23(33)29-11-3-4-12-31(14-22(32)30-20)24(34)17-7-9-25(27,28)10-8-17/h5-6,13,16-17,20H,3-4,7-12,14-15H2,1-2H3,(H,29,33)(H,30,32)/t20-/m0/s1. The molecule has 194 valence electrons. The van der Waals surface area contributed by atoms with Gasteiger partial charge in [0.05, 0.1) is 18.2 Å². The molecule has 1 aromatic carbocycles. The molecule has 0 aromatic heterocycles. The van der Waals surface area contributed by atoms with Crippen LogP contribution in [0.4, 0.5) is 8.78 Å². The van der Waals surface area contributed by atoms with Crippen LogP contribution in [0.15, 0.2) is 18.2 Å². The number of amides is 3. The van der Waals surface area contributed by atoms with Crippen LogP contribution in [0.5, 0.6) is 5.75 Å². The summed E-state index contributed by atoms with van der Waals surface area (Å²) in [7, 11) is 0. The molecule has 0 unspecified atom stereocenters. The smallest absolute Gasteiger partial charge is 0.255 e. The first-order chi connectivity index (χ1) is 16.6. The summed E-state index contributed by atoms with van der Waals surface area (Å²) in [6.07, 6.45) is 0.728. The number of nitrogens with one attached hydrogen (secondary N) is 2. The van der Waals surface area contributed by atoms with Crippen molar-refractivity contribution in [1.29, 1.82) is 0 Å². The van der Waals surface area contributed by atoms with Gasteiger partial charge in [-0.1, -0.05) is 25.4 Å². The van der Waals surface area contributed by atoms with E-state index in [4.69, 9.17) is 16.3 Å². The molecule has 1 heterocycles. The Morgan fingerprint density at radius 1 is 1.20 bits per heavy atom. The van der Waals surface area contributed by atoms with Gasteiger partial charge in [0.15, 0.2) is 0 Å². The average molecular weight is 514 g/mol.